The lowest BCUT2D eigenvalue weighted by atomic mass is 10.1. The largest absolute Gasteiger partial charge is 0.416 e. The van der Waals surface area contributed by atoms with E-state index in [2.05, 4.69) is 25.9 Å². The van der Waals surface area contributed by atoms with Crippen molar-refractivity contribution < 1.29 is 27.6 Å². The Morgan fingerprint density at radius 3 is 2.24 bits per heavy atom. The molecule has 4 amide bonds. The van der Waals surface area contributed by atoms with Crippen molar-refractivity contribution in [3.8, 4) is 0 Å². The molecule has 0 saturated carbocycles. The third-order valence-electron chi connectivity index (χ3n) is 5.93. The highest BCUT2D eigenvalue weighted by atomic mass is 19.4. The molecule has 10 nitrogen and oxygen atoms in total. The number of carbonyl (C=O) groups is 3. The Morgan fingerprint density at radius 1 is 0.854 bits per heavy atom. The van der Waals surface area contributed by atoms with Crippen LogP contribution in [0.1, 0.15) is 31.8 Å². The zero-order valence-electron chi connectivity index (χ0n) is 21.8. The van der Waals surface area contributed by atoms with Gasteiger partial charge in [-0.3, -0.25) is 14.5 Å². The molecule has 41 heavy (non-hydrogen) atoms. The normalized spacial score (nSPS) is 11.0. The van der Waals surface area contributed by atoms with Gasteiger partial charge in [0.25, 0.3) is 5.91 Å². The van der Waals surface area contributed by atoms with Gasteiger partial charge in [-0.25, -0.2) is 14.8 Å². The monoisotopic (exact) mass is 563 g/mol. The lowest BCUT2D eigenvalue weighted by Crippen LogP contribution is -2.32. The minimum absolute atomic E-state index is 0.164. The molecule has 0 aliphatic carbocycles. The van der Waals surface area contributed by atoms with Gasteiger partial charge in [-0.05, 0) is 67.1 Å². The quantitative estimate of drug-likeness (QED) is 0.232. The summed E-state index contributed by atoms with van der Waals surface area (Å²) in [6.45, 7) is 1.74. The van der Waals surface area contributed by atoms with Gasteiger partial charge in [0.2, 0.25) is 5.91 Å². The number of urea groups is 1. The van der Waals surface area contributed by atoms with Gasteiger partial charge in [0, 0.05) is 41.3 Å². The summed E-state index contributed by atoms with van der Waals surface area (Å²) in [5.41, 5.74) is 6.45. The van der Waals surface area contributed by atoms with Gasteiger partial charge in [0.15, 0.2) is 0 Å². The van der Waals surface area contributed by atoms with Crippen molar-refractivity contribution in [1.82, 2.24) is 9.97 Å². The molecule has 1 heterocycles. The minimum Gasteiger partial charge on any atom is -0.366 e. The maximum absolute atomic E-state index is 13.0. The lowest BCUT2D eigenvalue weighted by Gasteiger charge is -2.19. The maximum Gasteiger partial charge on any atom is 0.416 e. The number of anilines is 5. The summed E-state index contributed by atoms with van der Waals surface area (Å²) >= 11 is 0. The van der Waals surface area contributed by atoms with Gasteiger partial charge in [0.05, 0.1) is 5.56 Å². The second-order valence-electron chi connectivity index (χ2n) is 8.88. The van der Waals surface area contributed by atoms with E-state index in [-0.39, 0.29) is 17.1 Å². The summed E-state index contributed by atoms with van der Waals surface area (Å²) in [6.07, 6.45) is -3.31. The molecule has 1 aromatic heterocycles. The molecule has 0 unspecified atom stereocenters. The zero-order chi connectivity index (χ0) is 29.7. The molecule has 4 aromatic rings. The number of carbonyl (C=O) groups excluding carboxylic acids is 3. The number of hydrogen-bond donors (Lipinski definition) is 4. The van der Waals surface area contributed by atoms with Gasteiger partial charge in [-0.1, -0.05) is 12.1 Å². The average molecular weight is 564 g/mol. The van der Waals surface area contributed by atoms with Crippen LogP contribution in [0.5, 0.6) is 0 Å². The van der Waals surface area contributed by atoms with E-state index in [9.17, 15) is 27.6 Å². The van der Waals surface area contributed by atoms with Crippen molar-refractivity contribution in [2.24, 2.45) is 5.73 Å². The van der Waals surface area contributed by atoms with Crippen LogP contribution >= 0.6 is 0 Å². The van der Waals surface area contributed by atoms with E-state index < -0.39 is 29.6 Å². The van der Waals surface area contributed by atoms with E-state index in [0.29, 0.717) is 28.3 Å². The number of nitrogens with zero attached hydrogens (tertiary/aromatic N) is 3. The molecule has 3 aromatic carbocycles. The first kappa shape index (κ1) is 28.5. The molecule has 13 heteroatoms. The third kappa shape index (κ3) is 7.15. The van der Waals surface area contributed by atoms with Crippen molar-refractivity contribution in [3.63, 3.8) is 0 Å². The van der Waals surface area contributed by atoms with Crippen LogP contribution in [0, 0.1) is 6.92 Å². The molecule has 0 aliphatic rings. The van der Waals surface area contributed by atoms with Crippen LogP contribution in [0.3, 0.4) is 0 Å². The van der Waals surface area contributed by atoms with Crippen molar-refractivity contribution in [2.75, 3.05) is 27.9 Å². The van der Waals surface area contributed by atoms with E-state index in [1.165, 1.54) is 30.4 Å². The van der Waals surface area contributed by atoms with Crippen molar-refractivity contribution >= 4 is 46.5 Å². The Bertz CT molecular complexity index is 1610. The minimum atomic E-state index is -4.58. The molecule has 0 aliphatic heterocycles. The molecule has 0 saturated heterocycles. The Kier molecular flexibility index (Phi) is 8.17. The van der Waals surface area contributed by atoms with Gasteiger partial charge in [-0.2, -0.15) is 13.2 Å². The summed E-state index contributed by atoms with van der Waals surface area (Å²) in [5.74, 6) is -0.635. The van der Waals surface area contributed by atoms with Crippen LogP contribution in [-0.4, -0.2) is 34.9 Å². The molecule has 5 N–H and O–H groups in total. The molecule has 0 fully saturated rings. The fraction of sp³-hybridized carbons (Fsp3) is 0.107. The number of halogens is 3. The number of hydrogen-bond acceptors (Lipinski definition) is 6. The van der Waals surface area contributed by atoms with Crippen LogP contribution in [0.2, 0.25) is 0 Å². The highest BCUT2D eigenvalue weighted by Crippen LogP contribution is 2.30. The van der Waals surface area contributed by atoms with Crippen LogP contribution in [0.4, 0.5) is 46.7 Å². The fourth-order valence-electron chi connectivity index (χ4n) is 3.64. The van der Waals surface area contributed by atoms with Gasteiger partial charge < -0.3 is 21.7 Å². The first-order valence-electron chi connectivity index (χ1n) is 12.0. The maximum atomic E-state index is 13.0. The highest BCUT2D eigenvalue weighted by molar-refractivity contribution is 6.05. The number of benzene rings is 3. The molecule has 210 valence electrons. The molecular weight excluding hydrogens is 539 g/mol. The molecular formula is C28H24F3N7O3. The number of amides is 4. The number of nitrogens with one attached hydrogen (secondary N) is 3. The number of primary amides is 1. The fourth-order valence-corrected chi connectivity index (χ4v) is 3.64. The Labute approximate surface area is 232 Å². The van der Waals surface area contributed by atoms with Crippen molar-refractivity contribution in [1.29, 1.82) is 0 Å². The van der Waals surface area contributed by atoms with E-state index in [1.54, 1.807) is 49.4 Å². The smallest absolute Gasteiger partial charge is 0.366 e. The average Bonchev–Trinajstić information content (AvgIpc) is 2.94. The summed E-state index contributed by atoms with van der Waals surface area (Å²) in [4.78, 5) is 46.4. The van der Waals surface area contributed by atoms with Crippen LogP contribution in [-0.2, 0) is 6.18 Å². The molecule has 4 rings (SSSR count). The zero-order valence-corrected chi connectivity index (χ0v) is 21.8. The molecule has 0 spiro atoms. The van der Waals surface area contributed by atoms with Crippen LogP contribution < -0.4 is 26.6 Å². The number of aromatic nitrogens is 2. The first-order valence-corrected chi connectivity index (χ1v) is 12.0. The number of nitrogens with two attached hydrogens (primary N) is 1. The Hall–Kier alpha value is -5.46. The lowest BCUT2D eigenvalue weighted by molar-refractivity contribution is -0.137. The first-order chi connectivity index (χ1) is 19.4. The molecule has 0 radical (unpaired) electrons. The number of rotatable bonds is 7. The van der Waals surface area contributed by atoms with Crippen LogP contribution in [0.15, 0.2) is 79.1 Å². The topological polar surface area (TPSA) is 142 Å². The van der Waals surface area contributed by atoms with E-state index >= 15 is 0 Å². The predicted molar refractivity (Wildman–Crippen MR) is 148 cm³/mol. The van der Waals surface area contributed by atoms with E-state index in [1.807, 2.05) is 0 Å². The SMILES string of the molecule is Cc1ccc(NC(=O)c2cccc(C(F)(F)F)c2)cc1NC(=O)N(C)c1cc(Nc2ccc(C(N)=O)cc2)ncn1. The standard InChI is InChI=1S/C28H24F3N7O3/c1-16-6-9-21(36-26(40)18-4-3-5-19(12-18)28(29,30)31)13-22(16)37-27(41)38(2)24-14-23(33-15-34-24)35-20-10-7-17(8-11-20)25(32)39/h3-15H,1-2H3,(H2,32,39)(H,36,40)(H,37,41)(H,33,34,35). The van der Waals surface area contributed by atoms with E-state index in [4.69, 9.17) is 5.73 Å². The second-order valence-corrected chi connectivity index (χ2v) is 8.88. The molecule has 0 bridgehead atoms. The molecule has 0 atom stereocenters. The Morgan fingerprint density at radius 2 is 1.56 bits per heavy atom. The number of aryl methyl sites for hydroxylation is 1. The summed E-state index contributed by atoms with van der Waals surface area (Å²) in [6, 6.07) is 16.2. The summed E-state index contributed by atoms with van der Waals surface area (Å²) in [7, 11) is 1.50. The summed E-state index contributed by atoms with van der Waals surface area (Å²) in [5, 5.41) is 8.34. The predicted octanol–water partition coefficient (Wildman–Crippen LogP) is 5.57. The van der Waals surface area contributed by atoms with Gasteiger partial charge in [0.1, 0.15) is 18.0 Å². The van der Waals surface area contributed by atoms with Crippen molar-refractivity contribution in [3.05, 3.63) is 101 Å². The summed E-state index contributed by atoms with van der Waals surface area (Å²) < 4.78 is 39.1. The van der Waals surface area contributed by atoms with Crippen LogP contribution in [0.25, 0.3) is 0 Å². The second kappa shape index (κ2) is 11.7. The van der Waals surface area contributed by atoms with Gasteiger partial charge >= 0.3 is 12.2 Å². The Balaban J connectivity index is 1.44. The van der Waals surface area contributed by atoms with Gasteiger partial charge in [-0.15, -0.1) is 0 Å². The highest BCUT2D eigenvalue weighted by Gasteiger charge is 2.31. The number of alkyl halides is 3. The van der Waals surface area contributed by atoms with E-state index in [0.717, 1.165) is 18.2 Å². The third-order valence-corrected chi connectivity index (χ3v) is 5.93. The van der Waals surface area contributed by atoms with Crippen molar-refractivity contribution in [2.45, 2.75) is 13.1 Å².